The van der Waals surface area contributed by atoms with Gasteiger partial charge in [-0.25, -0.2) is 0 Å². The summed E-state index contributed by atoms with van der Waals surface area (Å²) < 4.78 is 7.22. The van der Waals surface area contributed by atoms with E-state index in [-0.39, 0.29) is 0 Å². The summed E-state index contributed by atoms with van der Waals surface area (Å²) in [6.45, 7) is 8.67. The molecule has 0 bridgehead atoms. The van der Waals surface area contributed by atoms with Gasteiger partial charge in [-0.3, -0.25) is 0 Å². The van der Waals surface area contributed by atoms with Gasteiger partial charge in [0.2, 0.25) is 0 Å². The Labute approximate surface area is 124 Å². The summed E-state index contributed by atoms with van der Waals surface area (Å²) in [4.78, 5) is 3.86. The summed E-state index contributed by atoms with van der Waals surface area (Å²) in [5, 5.41) is 4.68. The Bertz CT molecular complexity index is 561. The summed E-state index contributed by atoms with van der Waals surface area (Å²) in [5.74, 6) is 0.996. The van der Waals surface area contributed by atoms with Gasteiger partial charge in [-0.1, -0.05) is 0 Å². The largest absolute Gasteiger partial charge is 0.494 e. The highest BCUT2D eigenvalue weighted by Gasteiger charge is 2.08. The molecule has 1 aromatic carbocycles. The van der Waals surface area contributed by atoms with Crippen molar-refractivity contribution < 1.29 is 4.74 Å². The molecule has 3 nitrogen and oxygen atoms in total. The lowest BCUT2D eigenvalue weighted by Crippen LogP contribution is -2.43. The molecule has 0 atom stereocenters. The Morgan fingerprint density at radius 3 is 2.95 bits per heavy atom. The van der Waals surface area contributed by atoms with Crippen LogP contribution in [-0.4, -0.2) is 44.2 Å². The molecule has 0 aliphatic carbocycles. The number of hydrogen-bond acceptors (Lipinski definition) is 4. The number of benzene rings is 1. The lowest BCUT2D eigenvalue weighted by molar-refractivity contribution is 0.214. The van der Waals surface area contributed by atoms with E-state index in [1.54, 1.807) is 0 Å². The molecule has 1 aromatic heterocycles. The second kappa shape index (κ2) is 6.57. The first-order chi connectivity index (χ1) is 9.81. The van der Waals surface area contributed by atoms with Crippen LogP contribution in [0.4, 0.5) is 0 Å². The number of piperazine rings is 1. The van der Waals surface area contributed by atoms with Crippen molar-refractivity contribution >= 4 is 21.4 Å². The molecule has 108 valence electrons. The highest BCUT2D eigenvalue weighted by atomic mass is 32.1. The first-order valence-electron chi connectivity index (χ1n) is 7.37. The van der Waals surface area contributed by atoms with Gasteiger partial charge in [-0.2, -0.15) is 0 Å². The second-order valence-electron chi connectivity index (χ2n) is 5.35. The lowest BCUT2D eigenvalue weighted by Gasteiger charge is -2.26. The lowest BCUT2D eigenvalue weighted by atomic mass is 10.2. The van der Waals surface area contributed by atoms with Crippen LogP contribution in [0, 0.1) is 6.92 Å². The van der Waals surface area contributed by atoms with Crippen LogP contribution >= 0.6 is 11.3 Å². The number of ether oxygens (including phenoxy) is 1. The first kappa shape index (κ1) is 13.9. The SMILES string of the molecule is Cc1cc2cc(OCCCN3CCNCC3)ccc2s1. The molecule has 0 amide bonds. The first-order valence-corrected chi connectivity index (χ1v) is 8.19. The molecule has 1 aliphatic rings. The van der Waals surface area contributed by atoms with Crippen molar-refractivity contribution in [1.29, 1.82) is 0 Å². The van der Waals surface area contributed by atoms with Crippen molar-refractivity contribution in [3.8, 4) is 5.75 Å². The number of fused-ring (bicyclic) bond motifs is 1. The zero-order valence-electron chi connectivity index (χ0n) is 12.0. The van der Waals surface area contributed by atoms with Gasteiger partial charge in [0.05, 0.1) is 6.61 Å². The molecule has 1 fully saturated rings. The van der Waals surface area contributed by atoms with Gasteiger partial charge in [-0.15, -0.1) is 11.3 Å². The van der Waals surface area contributed by atoms with Crippen LogP contribution in [-0.2, 0) is 0 Å². The van der Waals surface area contributed by atoms with Crippen LogP contribution in [0.3, 0.4) is 0 Å². The van der Waals surface area contributed by atoms with Crippen LogP contribution in [0.2, 0.25) is 0 Å². The van der Waals surface area contributed by atoms with E-state index in [9.17, 15) is 0 Å². The number of aryl methyl sites for hydroxylation is 1. The Balaban J connectivity index is 1.46. The molecule has 3 rings (SSSR count). The Morgan fingerprint density at radius 1 is 1.25 bits per heavy atom. The number of thiophene rings is 1. The van der Waals surface area contributed by atoms with Crippen LogP contribution in [0.5, 0.6) is 5.75 Å². The van der Waals surface area contributed by atoms with E-state index in [1.165, 1.54) is 28.1 Å². The number of nitrogens with zero attached hydrogens (tertiary/aromatic N) is 1. The summed E-state index contributed by atoms with van der Waals surface area (Å²) >= 11 is 1.84. The van der Waals surface area contributed by atoms with E-state index < -0.39 is 0 Å². The maximum absolute atomic E-state index is 5.88. The van der Waals surface area contributed by atoms with E-state index in [2.05, 4.69) is 41.4 Å². The molecule has 20 heavy (non-hydrogen) atoms. The van der Waals surface area contributed by atoms with E-state index in [4.69, 9.17) is 4.74 Å². The van der Waals surface area contributed by atoms with Crippen molar-refractivity contribution in [2.75, 3.05) is 39.3 Å². The van der Waals surface area contributed by atoms with E-state index in [0.29, 0.717) is 0 Å². The quantitative estimate of drug-likeness (QED) is 0.857. The topological polar surface area (TPSA) is 24.5 Å². The fourth-order valence-corrected chi connectivity index (χ4v) is 3.56. The molecule has 1 aliphatic heterocycles. The number of hydrogen-bond donors (Lipinski definition) is 1. The number of nitrogens with one attached hydrogen (secondary N) is 1. The van der Waals surface area contributed by atoms with Crippen LogP contribution < -0.4 is 10.1 Å². The van der Waals surface area contributed by atoms with Gasteiger partial charge >= 0.3 is 0 Å². The van der Waals surface area contributed by atoms with Gasteiger partial charge in [0, 0.05) is 42.3 Å². The summed E-state index contributed by atoms with van der Waals surface area (Å²) in [5.41, 5.74) is 0. The third-order valence-electron chi connectivity index (χ3n) is 3.71. The summed E-state index contributed by atoms with van der Waals surface area (Å²) in [6, 6.07) is 8.64. The van der Waals surface area contributed by atoms with E-state index >= 15 is 0 Å². The molecule has 1 N–H and O–H groups in total. The Morgan fingerprint density at radius 2 is 2.10 bits per heavy atom. The smallest absolute Gasteiger partial charge is 0.119 e. The minimum absolute atomic E-state index is 0.804. The predicted octanol–water partition coefficient (Wildman–Crippen LogP) is 2.88. The van der Waals surface area contributed by atoms with Crippen LogP contribution in [0.25, 0.3) is 10.1 Å². The molecule has 2 heterocycles. The number of rotatable bonds is 5. The zero-order chi connectivity index (χ0) is 13.8. The fourth-order valence-electron chi connectivity index (χ4n) is 2.66. The monoisotopic (exact) mass is 290 g/mol. The average molecular weight is 290 g/mol. The minimum Gasteiger partial charge on any atom is -0.494 e. The molecular formula is C16H22N2OS. The fraction of sp³-hybridized carbons (Fsp3) is 0.500. The van der Waals surface area contributed by atoms with E-state index in [0.717, 1.165) is 38.4 Å². The molecule has 0 unspecified atom stereocenters. The van der Waals surface area contributed by atoms with Crippen LogP contribution in [0.1, 0.15) is 11.3 Å². The van der Waals surface area contributed by atoms with Crippen molar-refractivity contribution in [2.24, 2.45) is 0 Å². The van der Waals surface area contributed by atoms with E-state index in [1.807, 2.05) is 11.3 Å². The molecule has 0 spiro atoms. The van der Waals surface area contributed by atoms with Crippen molar-refractivity contribution in [1.82, 2.24) is 10.2 Å². The van der Waals surface area contributed by atoms with Crippen LogP contribution in [0.15, 0.2) is 24.3 Å². The van der Waals surface area contributed by atoms with Crippen molar-refractivity contribution in [2.45, 2.75) is 13.3 Å². The van der Waals surface area contributed by atoms with Gasteiger partial charge in [0.25, 0.3) is 0 Å². The second-order valence-corrected chi connectivity index (χ2v) is 6.64. The maximum atomic E-state index is 5.88. The Hall–Kier alpha value is -1.10. The Kier molecular flexibility index (Phi) is 4.55. The van der Waals surface area contributed by atoms with Crippen molar-refractivity contribution in [3.05, 3.63) is 29.1 Å². The molecule has 4 heteroatoms. The highest BCUT2D eigenvalue weighted by molar-refractivity contribution is 7.19. The third kappa shape index (κ3) is 3.51. The molecule has 0 radical (unpaired) electrons. The maximum Gasteiger partial charge on any atom is 0.119 e. The standard InChI is InChI=1S/C16H22N2OS/c1-13-11-14-12-15(3-4-16(14)20-13)19-10-2-7-18-8-5-17-6-9-18/h3-4,11-12,17H,2,5-10H2,1H3. The van der Waals surface area contributed by atoms with Gasteiger partial charge in [0.15, 0.2) is 0 Å². The zero-order valence-corrected chi connectivity index (χ0v) is 12.8. The van der Waals surface area contributed by atoms with Crippen molar-refractivity contribution in [3.63, 3.8) is 0 Å². The average Bonchev–Trinajstić information content (AvgIpc) is 2.84. The predicted molar refractivity (Wildman–Crippen MR) is 86.0 cm³/mol. The minimum atomic E-state index is 0.804. The third-order valence-corrected chi connectivity index (χ3v) is 4.74. The molecule has 1 saturated heterocycles. The molecule has 0 saturated carbocycles. The normalized spacial score (nSPS) is 16.6. The van der Waals surface area contributed by atoms with Gasteiger partial charge < -0.3 is 15.0 Å². The molecule has 2 aromatic rings. The van der Waals surface area contributed by atoms with Gasteiger partial charge in [0.1, 0.15) is 5.75 Å². The molecular weight excluding hydrogens is 268 g/mol. The van der Waals surface area contributed by atoms with Gasteiger partial charge in [-0.05, 0) is 43.0 Å². The summed E-state index contributed by atoms with van der Waals surface area (Å²) in [6.07, 6.45) is 1.10. The highest BCUT2D eigenvalue weighted by Crippen LogP contribution is 2.28. The summed E-state index contributed by atoms with van der Waals surface area (Å²) in [7, 11) is 0.